The van der Waals surface area contributed by atoms with Gasteiger partial charge in [0, 0.05) is 44.9 Å². The summed E-state index contributed by atoms with van der Waals surface area (Å²) in [6.07, 6.45) is 1.69. The molecule has 1 fully saturated rings. The first kappa shape index (κ1) is 16.9. The highest BCUT2D eigenvalue weighted by molar-refractivity contribution is 5.92. The first-order valence-corrected chi connectivity index (χ1v) is 7.67. The zero-order valence-electron chi connectivity index (χ0n) is 13.3. The van der Waals surface area contributed by atoms with Gasteiger partial charge in [-0.2, -0.15) is 0 Å². The number of hydrogen-bond acceptors (Lipinski definition) is 5. The molecule has 122 valence electrons. The largest absolute Gasteiger partial charge is 0.396 e. The molecule has 0 bridgehead atoms. The molecule has 2 heterocycles. The summed E-state index contributed by atoms with van der Waals surface area (Å²) in [5.74, 6) is 0.220. The van der Waals surface area contributed by atoms with Crippen molar-refractivity contribution in [1.82, 2.24) is 14.8 Å². The fraction of sp³-hybridized carbons (Fsp3) is 0.625. The van der Waals surface area contributed by atoms with Crippen molar-refractivity contribution in [2.24, 2.45) is 11.8 Å². The Hall–Kier alpha value is -1.50. The summed E-state index contributed by atoms with van der Waals surface area (Å²) in [7, 11) is 1.94. The number of aryl methyl sites for hydroxylation is 1. The number of likely N-dealkylation sites (N-methyl/N-ethyl adjacent to an activating group) is 1. The first-order valence-electron chi connectivity index (χ1n) is 7.67. The summed E-state index contributed by atoms with van der Waals surface area (Å²) in [5.41, 5.74) is 1.47. The van der Waals surface area contributed by atoms with Crippen LogP contribution in [0.15, 0.2) is 18.3 Å². The van der Waals surface area contributed by atoms with E-state index >= 15 is 0 Å². The average Bonchev–Trinajstić information content (AvgIpc) is 2.90. The number of hydrogen-bond donors (Lipinski definition) is 2. The van der Waals surface area contributed by atoms with Crippen molar-refractivity contribution in [3.8, 4) is 0 Å². The van der Waals surface area contributed by atoms with Gasteiger partial charge in [-0.15, -0.1) is 0 Å². The molecule has 22 heavy (non-hydrogen) atoms. The normalized spacial score (nSPS) is 21.6. The summed E-state index contributed by atoms with van der Waals surface area (Å²) >= 11 is 0. The molecule has 2 N–H and O–H groups in total. The third-order valence-electron chi connectivity index (χ3n) is 4.26. The van der Waals surface area contributed by atoms with Crippen molar-refractivity contribution >= 4 is 5.91 Å². The third-order valence-corrected chi connectivity index (χ3v) is 4.26. The lowest BCUT2D eigenvalue weighted by Gasteiger charge is -2.23. The number of amides is 1. The Kier molecular flexibility index (Phi) is 5.88. The molecular weight excluding hydrogens is 282 g/mol. The van der Waals surface area contributed by atoms with E-state index in [0.29, 0.717) is 25.3 Å². The van der Waals surface area contributed by atoms with Crippen LogP contribution in [-0.4, -0.2) is 77.3 Å². The van der Waals surface area contributed by atoms with Gasteiger partial charge in [0.25, 0.3) is 5.91 Å². The van der Waals surface area contributed by atoms with Crippen LogP contribution in [-0.2, 0) is 0 Å². The van der Waals surface area contributed by atoms with E-state index < -0.39 is 0 Å². The van der Waals surface area contributed by atoms with Crippen molar-refractivity contribution in [3.05, 3.63) is 29.6 Å². The smallest absolute Gasteiger partial charge is 0.272 e. The summed E-state index contributed by atoms with van der Waals surface area (Å²) in [6.45, 7) is 4.66. The Morgan fingerprint density at radius 2 is 2.09 bits per heavy atom. The van der Waals surface area contributed by atoms with Gasteiger partial charge in [-0.25, -0.2) is 0 Å². The Labute approximate surface area is 131 Å². The fourth-order valence-corrected chi connectivity index (χ4v) is 2.94. The Balaban J connectivity index is 2.01. The van der Waals surface area contributed by atoms with Crippen LogP contribution in [0, 0.1) is 18.8 Å². The molecule has 1 saturated heterocycles. The zero-order chi connectivity index (χ0) is 16.1. The summed E-state index contributed by atoms with van der Waals surface area (Å²) in [6, 6.07) is 3.63. The number of carbonyl (C=O) groups is 1. The van der Waals surface area contributed by atoms with E-state index in [1.165, 1.54) is 0 Å². The first-order chi connectivity index (χ1) is 10.5. The second-order valence-electron chi connectivity index (χ2n) is 6.12. The minimum Gasteiger partial charge on any atom is -0.396 e. The van der Waals surface area contributed by atoms with E-state index in [1.807, 2.05) is 24.9 Å². The number of rotatable bonds is 6. The maximum Gasteiger partial charge on any atom is 0.272 e. The molecule has 2 rings (SSSR count). The minimum atomic E-state index is -0.0780. The van der Waals surface area contributed by atoms with Gasteiger partial charge in [0.2, 0.25) is 0 Å². The van der Waals surface area contributed by atoms with Gasteiger partial charge in [0.05, 0.1) is 6.61 Å². The summed E-state index contributed by atoms with van der Waals surface area (Å²) in [5, 5.41) is 18.5. The van der Waals surface area contributed by atoms with Crippen molar-refractivity contribution in [3.63, 3.8) is 0 Å². The number of likely N-dealkylation sites (tertiary alicyclic amines) is 1. The molecule has 1 aromatic heterocycles. The highest BCUT2D eigenvalue weighted by Crippen LogP contribution is 2.25. The molecule has 0 spiro atoms. The number of nitrogens with zero attached hydrogens (tertiary/aromatic N) is 3. The number of carbonyl (C=O) groups excluding carboxylic acids is 1. The van der Waals surface area contributed by atoms with Crippen molar-refractivity contribution in [2.75, 3.05) is 46.4 Å². The van der Waals surface area contributed by atoms with Crippen LogP contribution in [0.2, 0.25) is 0 Å². The van der Waals surface area contributed by atoms with Crippen LogP contribution in [0.3, 0.4) is 0 Å². The van der Waals surface area contributed by atoms with Crippen molar-refractivity contribution in [2.45, 2.75) is 6.92 Å². The number of aliphatic hydroxyl groups is 2. The van der Waals surface area contributed by atoms with E-state index in [1.54, 1.807) is 17.2 Å². The van der Waals surface area contributed by atoms with Gasteiger partial charge in [-0.3, -0.25) is 9.78 Å². The standard InChI is InChI=1S/C16H25N3O3/c1-12-3-4-15(17-7-12)16(22)19-9-13(14(10-19)11-21)8-18(2)5-6-20/h3-4,7,13-14,20-21H,5-6,8-11H2,1-2H3/t13-,14-/m1/s1. The van der Waals surface area contributed by atoms with E-state index in [2.05, 4.69) is 4.98 Å². The summed E-state index contributed by atoms with van der Waals surface area (Å²) < 4.78 is 0. The number of aliphatic hydroxyl groups excluding tert-OH is 2. The van der Waals surface area contributed by atoms with E-state index in [-0.39, 0.29) is 31.0 Å². The molecule has 1 amide bonds. The molecule has 1 aliphatic rings. The minimum absolute atomic E-state index is 0.0722. The molecule has 0 saturated carbocycles. The van der Waals surface area contributed by atoms with Crippen LogP contribution in [0.25, 0.3) is 0 Å². The highest BCUT2D eigenvalue weighted by Gasteiger charge is 2.35. The van der Waals surface area contributed by atoms with Gasteiger partial charge in [-0.1, -0.05) is 6.07 Å². The lowest BCUT2D eigenvalue weighted by molar-refractivity contribution is 0.0773. The van der Waals surface area contributed by atoms with Gasteiger partial charge in [0.1, 0.15) is 5.69 Å². The average molecular weight is 307 g/mol. The topological polar surface area (TPSA) is 76.9 Å². The van der Waals surface area contributed by atoms with Crippen LogP contribution >= 0.6 is 0 Å². The molecule has 0 aromatic carbocycles. The molecule has 0 unspecified atom stereocenters. The molecule has 6 nitrogen and oxygen atoms in total. The van der Waals surface area contributed by atoms with Crippen LogP contribution in [0.1, 0.15) is 16.1 Å². The van der Waals surface area contributed by atoms with Gasteiger partial charge in [0.15, 0.2) is 0 Å². The second-order valence-corrected chi connectivity index (χ2v) is 6.12. The third kappa shape index (κ3) is 4.03. The monoisotopic (exact) mass is 307 g/mol. The van der Waals surface area contributed by atoms with Crippen molar-refractivity contribution in [1.29, 1.82) is 0 Å². The predicted octanol–water partition coefficient (Wildman–Crippen LogP) is -0.00538. The molecule has 0 aliphatic carbocycles. The van der Waals surface area contributed by atoms with Crippen LogP contribution in [0.4, 0.5) is 0 Å². The van der Waals surface area contributed by atoms with Crippen molar-refractivity contribution < 1.29 is 15.0 Å². The molecule has 1 aliphatic heterocycles. The Bertz CT molecular complexity index is 492. The van der Waals surface area contributed by atoms with Gasteiger partial charge >= 0.3 is 0 Å². The lowest BCUT2D eigenvalue weighted by atomic mass is 9.96. The fourth-order valence-electron chi connectivity index (χ4n) is 2.94. The molecule has 2 atom stereocenters. The lowest BCUT2D eigenvalue weighted by Crippen LogP contribution is -2.33. The molecule has 1 aromatic rings. The Morgan fingerprint density at radius 3 is 2.68 bits per heavy atom. The Morgan fingerprint density at radius 1 is 1.36 bits per heavy atom. The van der Waals surface area contributed by atoms with Crippen LogP contribution < -0.4 is 0 Å². The maximum atomic E-state index is 12.5. The maximum absolute atomic E-state index is 12.5. The van der Waals surface area contributed by atoms with Crippen LogP contribution in [0.5, 0.6) is 0 Å². The molecular formula is C16H25N3O3. The van der Waals surface area contributed by atoms with Gasteiger partial charge in [-0.05, 0) is 31.5 Å². The predicted molar refractivity (Wildman–Crippen MR) is 83.5 cm³/mol. The van der Waals surface area contributed by atoms with E-state index in [0.717, 1.165) is 12.1 Å². The SMILES string of the molecule is Cc1ccc(C(=O)N2C[C@@H](CN(C)CCO)[C@@H](CO)C2)nc1. The van der Waals surface area contributed by atoms with E-state index in [9.17, 15) is 9.90 Å². The van der Waals surface area contributed by atoms with E-state index in [4.69, 9.17) is 5.11 Å². The highest BCUT2D eigenvalue weighted by atomic mass is 16.3. The molecule has 0 radical (unpaired) electrons. The quantitative estimate of drug-likeness (QED) is 0.773. The number of pyridine rings is 1. The number of aromatic nitrogens is 1. The second kappa shape index (κ2) is 7.67. The van der Waals surface area contributed by atoms with Gasteiger partial charge < -0.3 is 20.0 Å². The zero-order valence-corrected chi connectivity index (χ0v) is 13.3. The summed E-state index contributed by atoms with van der Waals surface area (Å²) in [4.78, 5) is 20.5. The molecule has 6 heteroatoms.